The van der Waals surface area contributed by atoms with Crippen LogP contribution >= 0.6 is 0 Å². The van der Waals surface area contributed by atoms with Gasteiger partial charge in [0, 0.05) is 25.2 Å². The van der Waals surface area contributed by atoms with Gasteiger partial charge in [-0.25, -0.2) is 4.39 Å². The van der Waals surface area contributed by atoms with Crippen LogP contribution in [0.25, 0.3) is 0 Å². The molecule has 0 atom stereocenters. The number of nitro groups is 1. The molecular weight excluding hydrogens is 259 g/mol. The Labute approximate surface area is 106 Å². The summed E-state index contributed by atoms with van der Waals surface area (Å²) in [4.78, 5) is 33.4. The predicted molar refractivity (Wildman–Crippen MR) is 60.1 cm³/mol. The topological polar surface area (TPSA) is 101 Å². The van der Waals surface area contributed by atoms with Gasteiger partial charge >= 0.3 is 5.97 Å². The first-order valence-electron chi connectivity index (χ1n) is 5.36. The molecule has 0 aromatic heterocycles. The van der Waals surface area contributed by atoms with E-state index >= 15 is 0 Å². The van der Waals surface area contributed by atoms with Gasteiger partial charge in [-0.1, -0.05) is 0 Å². The van der Waals surface area contributed by atoms with Gasteiger partial charge < -0.3 is 10.0 Å². The Hall–Kier alpha value is -2.51. The van der Waals surface area contributed by atoms with Gasteiger partial charge in [0.1, 0.15) is 5.82 Å². The molecule has 2 rings (SSSR count). The summed E-state index contributed by atoms with van der Waals surface area (Å²) in [7, 11) is 0. The van der Waals surface area contributed by atoms with E-state index in [0.29, 0.717) is 0 Å². The summed E-state index contributed by atoms with van der Waals surface area (Å²) in [5.74, 6) is -3.29. The van der Waals surface area contributed by atoms with E-state index in [1.807, 2.05) is 0 Å². The van der Waals surface area contributed by atoms with Crippen LogP contribution in [0.1, 0.15) is 10.4 Å². The minimum Gasteiger partial charge on any atom is -0.481 e. The average Bonchev–Trinajstić information content (AvgIpc) is 2.26. The predicted octanol–water partition coefficient (Wildman–Crippen LogP) is 0.891. The number of nitrogens with zero attached hydrogens (tertiary/aromatic N) is 2. The van der Waals surface area contributed by atoms with E-state index < -0.39 is 34.1 Å². The molecule has 1 N–H and O–H groups in total. The minimum atomic E-state index is -1.02. The smallest absolute Gasteiger partial charge is 0.310 e. The lowest BCUT2D eigenvalue weighted by Gasteiger charge is -2.36. The molecule has 0 saturated carbocycles. The van der Waals surface area contributed by atoms with Gasteiger partial charge in [0.05, 0.1) is 16.4 Å². The van der Waals surface area contributed by atoms with Crippen LogP contribution < -0.4 is 0 Å². The molecule has 1 aliphatic rings. The Balaban J connectivity index is 2.18. The number of carboxylic acids is 1. The molecule has 1 aromatic rings. The fourth-order valence-electron chi connectivity index (χ4n) is 1.76. The summed E-state index contributed by atoms with van der Waals surface area (Å²) in [6.45, 7) is -0.0351. The van der Waals surface area contributed by atoms with Gasteiger partial charge in [-0.05, 0) is 6.07 Å². The second-order valence-electron chi connectivity index (χ2n) is 4.17. The van der Waals surface area contributed by atoms with Crippen LogP contribution in [0.15, 0.2) is 18.2 Å². The van der Waals surface area contributed by atoms with Crippen molar-refractivity contribution in [2.75, 3.05) is 13.1 Å². The zero-order chi connectivity index (χ0) is 14.2. The zero-order valence-corrected chi connectivity index (χ0v) is 9.58. The largest absolute Gasteiger partial charge is 0.481 e. The summed E-state index contributed by atoms with van der Waals surface area (Å²) >= 11 is 0. The van der Waals surface area contributed by atoms with Crippen LogP contribution in [-0.2, 0) is 4.79 Å². The molecule has 0 aliphatic carbocycles. The normalized spacial score (nSPS) is 14.9. The third kappa shape index (κ3) is 2.37. The molecule has 0 unspecified atom stereocenters. The summed E-state index contributed by atoms with van der Waals surface area (Å²) in [6.07, 6.45) is 0. The number of non-ortho nitro benzene ring substituents is 1. The number of aliphatic carboxylic acids is 1. The van der Waals surface area contributed by atoms with Gasteiger partial charge in [-0.15, -0.1) is 0 Å². The Morgan fingerprint density at radius 2 is 2.05 bits per heavy atom. The fourth-order valence-corrected chi connectivity index (χ4v) is 1.76. The molecule has 8 heteroatoms. The summed E-state index contributed by atoms with van der Waals surface area (Å²) in [5.41, 5.74) is -0.807. The lowest BCUT2D eigenvalue weighted by atomic mass is 9.99. The standard InChI is InChI=1S/C11H9FN2O5/c12-9-2-1-7(14(18)19)3-8(9)10(15)13-4-6(5-13)11(16)17/h1-3,6H,4-5H2,(H,16,17). The highest BCUT2D eigenvalue weighted by atomic mass is 19.1. The highest BCUT2D eigenvalue weighted by Gasteiger charge is 2.37. The number of nitro benzene ring substituents is 1. The third-order valence-corrected chi connectivity index (χ3v) is 2.91. The maximum absolute atomic E-state index is 13.5. The highest BCUT2D eigenvalue weighted by molar-refractivity contribution is 5.96. The summed E-state index contributed by atoms with van der Waals surface area (Å²) in [6, 6.07) is 2.66. The molecule has 1 aromatic carbocycles. The van der Waals surface area contributed by atoms with Crippen molar-refractivity contribution >= 4 is 17.6 Å². The van der Waals surface area contributed by atoms with Crippen molar-refractivity contribution in [3.63, 3.8) is 0 Å². The lowest BCUT2D eigenvalue weighted by Crippen LogP contribution is -2.53. The molecule has 19 heavy (non-hydrogen) atoms. The van der Waals surface area contributed by atoms with Crippen molar-refractivity contribution in [1.82, 2.24) is 4.90 Å². The number of carbonyl (C=O) groups excluding carboxylic acids is 1. The molecule has 0 spiro atoms. The molecule has 0 bridgehead atoms. The third-order valence-electron chi connectivity index (χ3n) is 2.91. The zero-order valence-electron chi connectivity index (χ0n) is 9.58. The number of rotatable bonds is 3. The molecule has 0 radical (unpaired) electrons. The number of halogens is 1. The van der Waals surface area contributed by atoms with Crippen LogP contribution in [0.3, 0.4) is 0 Å². The maximum atomic E-state index is 13.5. The van der Waals surface area contributed by atoms with Crippen LogP contribution in [0.5, 0.6) is 0 Å². The van der Waals surface area contributed by atoms with Crippen molar-refractivity contribution < 1.29 is 24.0 Å². The maximum Gasteiger partial charge on any atom is 0.310 e. The van der Waals surface area contributed by atoms with Gasteiger partial charge in [-0.2, -0.15) is 0 Å². The van der Waals surface area contributed by atoms with Crippen LogP contribution in [0.4, 0.5) is 10.1 Å². The van der Waals surface area contributed by atoms with Crippen molar-refractivity contribution in [2.45, 2.75) is 0 Å². The van der Waals surface area contributed by atoms with Crippen molar-refractivity contribution in [3.8, 4) is 0 Å². The second kappa shape index (κ2) is 4.63. The van der Waals surface area contributed by atoms with E-state index in [4.69, 9.17) is 5.11 Å². The number of likely N-dealkylation sites (tertiary alicyclic amines) is 1. The molecular formula is C11H9FN2O5. The Morgan fingerprint density at radius 3 is 2.58 bits per heavy atom. The van der Waals surface area contributed by atoms with Crippen LogP contribution in [0.2, 0.25) is 0 Å². The Kier molecular flexibility index (Phi) is 3.16. The van der Waals surface area contributed by atoms with Crippen LogP contribution in [-0.4, -0.2) is 39.9 Å². The first kappa shape index (κ1) is 12.9. The minimum absolute atomic E-state index is 0.0176. The van der Waals surface area contributed by atoms with E-state index in [9.17, 15) is 24.1 Å². The number of amides is 1. The van der Waals surface area contributed by atoms with Crippen molar-refractivity contribution in [2.24, 2.45) is 5.92 Å². The number of hydrogen-bond donors (Lipinski definition) is 1. The number of carbonyl (C=O) groups is 2. The monoisotopic (exact) mass is 268 g/mol. The average molecular weight is 268 g/mol. The second-order valence-corrected chi connectivity index (χ2v) is 4.17. The van der Waals surface area contributed by atoms with E-state index in [1.54, 1.807) is 0 Å². The van der Waals surface area contributed by atoms with Gasteiger partial charge in [0.25, 0.3) is 11.6 Å². The number of benzene rings is 1. The van der Waals surface area contributed by atoms with Crippen molar-refractivity contribution in [3.05, 3.63) is 39.7 Å². The summed E-state index contributed by atoms with van der Waals surface area (Å²) in [5, 5.41) is 19.2. The SMILES string of the molecule is O=C(O)C1CN(C(=O)c2cc([N+](=O)[O-])ccc2F)C1. The van der Waals surface area contributed by atoms with E-state index in [1.165, 1.54) is 0 Å². The quantitative estimate of drug-likeness (QED) is 0.648. The van der Waals surface area contributed by atoms with Crippen LogP contribution in [0, 0.1) is 21.8 Å². The van der Waals surface area contributed by atoms with Gasteiger partial charge in [-0.3, -0.25) is 19.7 Å². The van der Waals surface area contributed by atoms with Gasteiger partial charge in [0.15, 0.2) is 0 Å². The first-order chi connectivity index (χ1) is 8.90. The molecule has 100 valence electrons. The van der Waals surface area contributed by atoms with E-state index in [2.05, 4.69) is 0 Å². The van der Waals surface area contributed by atoms with E-state index in [0.717, 1.165) is 23.1 Å². The molecule has 7 nitrogen and oxygen atoms in total. The Bertz CT molecular complexity index is 568. The molecule has 1 fully saturated rings. The molecule has 1 amide bonds. The lowest BCUT2D eigenvalue weighted by molar-refractivity contribution is -0.384. The van der Waals surface area contributed by atoms with Crippen molar-refractivity contribution in [1.29, 1.82) is 0 Å². The Morgan fingerprint density at radius 1 is 1.42 bits per heavy atom. The molecule has 1 heterocycles. The number of carboxylic acid groups (broad SMARTS) is 1. The fraction of sp³-hybridized carbons (Fsp3) is 0.273. The molecule has 1 aliphatic heterocycles. The molecule has 1 saturated heterocycles. The highest BCUT2D eigenvalue weighted by Crippen LogP contribution is 2.23. The van der Waals surface area contributed by atoms with E-state index in [-0.39, 0.29) is 18.8 Å². The summed E-state index contributed by atoms with van der Waals surface area (Å²) < 4.78 is 13.5. The number of hydrogen-bond acceptors (Lipinski definition) is 4. The van der Waals surface area contributed by atoms with Gasteiger partial charge in [0.2, 0.25) is 0 Å². The first-order valence-corrected chi connectivity index (χ1v) is 5.36.